The summed E-state index contributed by atoms with van der Waals surface area (Å²) in [5, 5.41) is 11.1. The van der Waals surface area contributed by atoms with E-state index < -0.39 is 5.41 Å². The molecule has 124 valence electrons. The Bertz CT molecular complexity index is 513. The molecule has 0 radical (unpaired) electrons. The molecule has 22 heavy (non-hydrogen) atoms. The lowest BCUT2D eigenvalue weighted by atomic mass is 9.51. The second-order valence-electron chi connectivity index (χ2n) is 9.27. The molecule has 0 aromatic carbocycles. The minimum absolute atomic E-state index is 0.0433. The SMILES string of the molecule is CO[C@@H]1CCC23CC[C@H]4C[C@@]4(C12)[C@H](O)CC(C)(C)C(=O)[C@@H]3C. The van der Waals surface area contributed by atoms with E-state index in [1.165, 1.54) is 6.42 Å². The van der Waals surface area contributed by atoms with Gasteiger partial charge in [-0.25, -0.2) is 0 Å². The highest BCUT2D eigenvalue weighted by atomic mass is 16.5. The van der Waals surface area contributed by atoms with Crippen molar-refractivity contribution in [1.29, 1.82) is 0 Å². The Balaban J connectivity index is 1.87. The fourth-order valence-corrected chi connectivity index (χ4v) is 7.02. The van der Waals surface area contributed by atoms with E-state index in [9.17, 15) is 9.90 Å². The van der Waals surface area contributed by atoms with Crippen LogP contribution in [0.1, 0.15) is 59.3 Å². The molecule has 4 aliphatic carbocycles. The molecule has 0 saturated heterocycles. The van der Waals surface area contributed by atoms with Crippen molar-refractivity contribution in [3.8, 4) is 0 Å². The van der Waals surface area contributed by atoms with E-state index in [2.05, 4.69) is 6.92 Å². The second kappa shape index (κ2) is 4.36. The summed E-state index contributed by atoms with van der Waals surface area (Å²) in [7, 11) is 1.81. The lowest BCUT2D eigenvalue weighted by Gasteiger charge is -2.54. The third-order valence-corrected chi connectivity index (χ3v) is 8.17. The highest BCUT2D eigenvalue weighted by Gasteiger charge is 2.75. The Morgan fingerprint density at radius 1 is 1.18 bits per heavy atom. The highest BCUT2D eigenvalue weighted by Crippen LogP contribution is 2.77. The number of rotatable bonds is 1. The van der Waals surface area contributed by atoms with Crippen LogP contribution in [0.25, 0.3) is 0 Å². The molecular formula is C19H30O3. The van der Waals surface area contributed by atoms with Crippen LogP contribution < -0.4 is 0 Å². The number of carbonyl (C=O) groups excluding carboxylic acids is 1. The molecule has 7 atom stereocenters. The van der Waals surface area contributed by atoms with E-state index in [-0.39, 0.29) is 29.0 Å². The quantitative estimate of drug-likeness (QED) is 0.809. The number of ketones is 1. The van der Waals surface area contributed by atoms with E-state index in [1.54, 1.807) is 0 Å². The van der Waals surface area contributed by atoms with Crippen molar-refractivity contribution < 1.29 is 14.6 Å². The molecule has 4 saturated carbocycles. The largest absolute Gasteiger partial charge is 0.392 e. The van der Waals surface area contributed by atoms with Gasteiger partial charge in [0.25, 0.3) is 0 Å². The third-order valence-electron chi connectivity index (χ3n) is 8.17. The third kappa shape index (κ3) is 1.57. The lowest BCUT2D eigenvalue weighted by Crippen LogP contribution is -2.56. The van der Waals surface area contributed by atoms with E-state index >= 15 is 0 Å². The maximum atomic E-state index is 13.2. The first-order chi connectivity index (χ1) is 10.3. The first-order valence-electron chi connectivity index (χ1n) is 9.05. The van der Waals surface area contributed by atoms with Crippen LogP contribution in [0.5, 0.6) is 0 Å². The first kappa shape index (κ1) is 15.1. The first-order valence-corrected chi connectivity index (χ1v) is 9.05. The molecule has 3 heteroatoms. The van der Waals surface area contributed by atoms with Gasteiger partial charge in [-0.05, 0) is 55.8 Å². The van der Waals surface area contributed by atoms with Gasteiger partial charge >= 0.3 is 0 Å². The predicted octanol–water partition coefficient (Wildman–Crippen LogP) is 3.19. The zero-order valence-corrected chi connectivity index (χ0v) is 14.4. The summed E-state index contributed by atoms with van der Waals surface area (Å²) >= 11 is 0. The van der Waals surface area contributed by atoms with Gasteiger partial charge in [-0.15, -0.1) is 0 Å². The molecule has 4 aliphatic rings. The minimum Gasteiger partial charge on any atom is -0.392 e. The molecule has 0 aromatic heterocycles. The Morgan fingerprint density at radius 3 is 2.55 bits per heavy atom. The highest BCUT2D eigenvalue weighted by molar-refractivity contribution is 5.87. The predicted molar refractivity (Wildman–Crippen MR) is 84.3 cm³/mol. The summed E-state index contributed by atoms with van der Waals surface area (Å²) in [6.45, 7) is 6.25. The Kier molecular flexibility index (Phi) is 3.00. The van der Waals surface area contributed by atoms with Gasteiger partial charge in [-0.1, -0.05) is 20.8 Å². The summed E-state index contributed by atoms with van der Waals surface area (Å²) < 4.78 is 5.86. The molecule has 0 amide bonds. The van der Waals surface area contributed by atoms with Gasteiger partial charge in [0.2, 0.25) is 0 Å². The van der Waals surface area contributed by atoms with Gasteiger partial charge < -0.3 is 9.84 Å². The molecule has 0 heterocycles. The monoisotopic (exact) mass is 306 g/mol. The van der Waals surface area contributed by atoms with E-state index in [1.807, 2.05) is 21.0 Å². The van der Waals surface area contributed by atoms with Crippen LogP contribution in [-0.2, 0) is 9.53 Å². The number of ether oxygens (including phenoxy) is 1. The van der Waals surface area contributed by atoms with Crippen LogP contribution in [0.3, 0.4) is 0 Å². The Hall–Kier alpha value is -0.410. The molecule has 4 fully saturated rings. The van der Waals surface area contributed by atoms with Gasteiger partial charge in [0, 0.05) is 23.9 Å². The van der Waals surface area contributed by atoms with Crippen molar-refractivity contribution in [2.24, 2.45) is 34.0 Å². The number of Topliss-reactive ketones (excluding diaryl/α,β-unsaturated/α-hetero) is 1. The topological polar surface area (TPSA) is 46.5 Å². The van der Waals surface area contributed by atoms with Crippen molar-refractivity contribution in [2.75, 3.05) is 7.11 Å². The zero-order chi connectivity index (χ0) is 15.9. The van der Waals surface area contributed by atoms with Gasteiger partial charge in [0.1, 0.15) is 5.78 Å². The number of hydrogen-bond acceptors (Lipinski definition) is 3. The summed E-state index contributed by atoms with van der Waals surface area (Å²) in [5.74, 6) is 1.50. The maximum Gasteiger partial charge on any atom is 0.141 e. The molecule has 2 unspecified atom stereocenters. The fourth-order valence-electron chi connectivity index (χ4n) is 7.02. The molecule has 1 N–H and O–H groups in total. The van der Waals surface area contributed by atoms with Crippen molar-refractivity contribution in [3.05, 3.63) is 0 Å². The van der Waals surface area contributed by atoms with Crippen LogP contribution in [0.15, 0.2) is 0 Å². The summed E-state index contributed by atoms with van der Waals surface area (Å²) in [5.41, 5.74) is -0.287. The Morgan fingerprint density at radius 2 is 1.86 bits per heavy atom. The molecule has 0 aromatic rings. The number of hydrogen-bond donors (Lipinski definition) is 1. The average Bonchev–Trinajstić information content (AvgIpc) is 3.11. The molecule has 2 bridgehead atoms. The van der Waals surface area contributed by atoms with E-state index in [4.69, 9.17) is 4.74 Å². The number of methoxy groups -OCH3 is 1. The smallest absolute Gasteiger partial charge is 0.141 e. The molecule has 3 nitrogen and oxygen atoms in total. The van der Waals surface area contributed by atoms with Gasteiger partial charge in [-0.2, -0.15) is 0 Å². The van der Waals surface area contributed by atoms with E-state index in [0.717, 1.165) is 25.7 Å². The normalized spacial score (nSPS) is 55.9. The molecule has 0 aliphatic heterocycles. The Labute approximate surface area is 133 Å². The lowest BCUT2D eigenvalue weighted by molar-refractivity contribution is -0.158. The standard InChI is InChI=1S/C19H30O3/c1-11-16(21)17(2,3)10-14(20)19-9-12(19)5-7-18(11)8-6-13(22-4)15(18)19/h11-15,20H,5-10H2,1-4H3/t11-,12-,13+,14+,15?,18?,19-/m0/s1. The number of aliphatic hydroxyl groups is 1. The van der Waals surface area contributed by atoms with Crippen molar-refractivity contribution in [3.63, 3.8) is 0 Å². The van der Waals surface area contributed by atoms with Crippen LogP contribution in [0.2, 0.25) is 0 Å². The molecule has 4 rings (SSSR count). The summed E-state index contributed by atoms with van der Waals surface area (Å²) in [4.78, 5) is 13.2. The summed E-state index contributed by atoms with van der Waals surface area (Å²) in [6, 6.07) is 0. The molecular weight excluding hydrogens is 276 g/mol. The molecule has 1 spiro atoms. The number of carbonyl (C=O) groups is 1. The minimum atomic E-state index is -0.403. The van der Waals surface area contributed by atoms with Crippen molar-refractivity contribution in [1.82, 2.24) is 0 Å². The zero-order valence-electron chi connectivity index (χ0n) is 14.4. The van der Waals surface area contributed by atoms with Gasteiger partial charge in [0.05, 0.1) is 12.2 Å². The van der Waals surface area contributed by atoms with Crippen molar-refractivity contribution in [2.45, 2.75) is 71.5 Å². The maximum absolute atomic E-state index is 13.2. The summed E-state index contributed by atoms with van der Waals surface area (Å²) in [6.07, 6.45) is 6.16. The van der Waals surface area contributed by atoms with Gasteiger partial charge in [-0.3, -0.25) is 4.79 Å². The van der Waals surface area contributed by atoms with Crippen LogP contribution in [0, 0.1) is 34.0 Å². The fraction of sp³-hybridized carbons (Fsp3) is 0.947. The second-order valence-corrected chi connectivity index (χ2v) is 9.27. The van der Waals surface area contributed by atoms with Crippen LogP contribution in [-0.4, -0.2) is 30.2 Å². The van der Waals surface area contributed by atoms with Crippen LogP contribution >= 0.6 is 0 Å². The number of aliphatic hydroxyl groups excluding tert-OH is 1. The van der Waals surface area contributed by atoms with E-state index in [0.29, 0.717) is 24.0 Å². The average molecular weight is 306 g/mol. The van der Waals surface area contributed by atoms with Crippen molar-refractivity contribution >= 4 is 5.78 Å². The van der Waals surface area contributed by atoms with Crippen LogP contribution in [0.4, 0.5) is 0 Å². The van der Waals surface area contributed by atoms with Gasteiger partial charge in [0.15, 0.2) is 0 Å².